The molecule has 0 spiro atoms. The zero-order chi connectivity index (χ0) is 22.8. The molecule has 1 aliphatic rings. The van der Waals surface area contributed by atoms with Crippen LogP contribution in [0.15, 0.2) is 46.3 Å². The van der Waals surface area contributed by atoms with Gasteiger partial charge in [0, 0.05) is 23.1 Å². The summed E-state index contributed by atoms with van der Waals surface area (Å²) in [7, 11) is 2.83. The number of aromatic amines is 1. The summed E-state index contributed by atoms with van der Waals surface area (Å²) in [5, 5.41) is 13.9. The van der Waals surface area contributed by atoms with E-state index in [2.05, 4.69) is 15.3 Å². The molecule has 0 saturated carbocycles. The second kappa shape index (κ2) is 9.13. The van der Waals surface area contributed by atoms with Gasteiger partial charge in [-0.2, -0.15) is 0 Å². The first-order chi connectivity index (χ1) is 15.4. The summed E-state index contributed by atoms with van der Waals surface area (Å²) in [6.07, 6.45) is 0.0455. The first kappa shape index (κ1) is 22.0. The van der Waals surface area contributed by atoms with Gasteiger partial charge in [0.05, 0.1) is 19.8 Å². The van der Waals surface area contributed by atoms with Gasteiger partial charge in [0.15, 0.2) is 16.7 Å². The molecular weight excluding hydrogens is 454 g/mol. The summed E-state index contributed by atoms with van der Waals surface area (Å²) in [6.45, 7) is 0. The number of aromatic hydroxyl groups is 1. The Balaban J connectivity index is 1.70. The van der Waals surface area contributed by atoms with Crippen LogP contribution in [0.25, 0.3) is 0 Å². The van der Waals surface area contributed by atoms with E-state index < -0.39 is 5.92 Å². The molecule has 1 aromatic heterocycles. The maximum absolute atomic E-state index is 13.0. The number of benzene rings is 2. The Kier molecular flexibility index (Phi) is 6.29. The minimum atomic E-state index is -0.578. The van der Waals surface area contributed by atoms with Gasteiger partial charge in [0.2, 0.25) is 11.7 Å². The number of amides is 1. The van der Waals surface area contributed by atoms with E-state index in [9.17, 15) is 14.7 Å². The minimum Gasteiger partial charge on any atom is -0.502 e. The van der Waals surface area contributed by atoms with Crippen LogP contribution in [0, 0.1) is 0 Å². The second-order valence-electron chi connectivity index (χ2n) is 7.13. The molecule has 3 aromatic rings. The van der Waals surface area contributed by atoms with Crippen molar-refractivity contribution in [1.82, 2.24) is 9.97 Å². The Bertz CT molecular complexity index is 1220. The fourth-order valence-electron chi connectivity index (χ4n) is 3.60. The SMILES string of the molecule is COc1cc([C@@H]2CC(=O)Nc3nc(SCc4cccc(Cl)c4)[nH]c(=O)c32)cc(OC)c1O. The molecule has 8 nitrogen and oxygen atoms in total. The highest BCUT2D eigenvalue weighted by atomic mass is 35.5. The summed E-state index contributed by atoms with van der Waals surface area (Å²) in [6, 6.07) is 10.6. The van der Waals surface area contributed by atoms with E-state index in [0.717, 1.165) is 5.56 Å². The zero-order valence-electron chi connectivity index (χ0n) is 17.3. The molecule has 2 heterocycles. The number of H-pyrrole nitrogens is 1. The molecule has 4 rings (SSSR count). The van der Waals surface area contributed by atoms with Crippen LogP contribution in [0.4, 0.5) is 5.82 Å². The number of phenolic OH excluding ortho intramolecular Hbond substituents is 1. The number of fused-ring (bicyclic) bond motifs is 1. The smallest absolute Gasteiger partial charge is 0.257 e. The topological polar surface area (TPSA) is 114 Å². The Morgan fingerprint density at radius 1 is 1.19 bits per heavy atom. The van der Waals surface area contributed by atoms with Crippen LogP contribution in [0.3, 0.4) is 0 Å². The molecule has 0 fully saturated rings. The Hall–Kier alpha value is -3.17. The van der Waals surface area contributed by atoms with Gasteiger partial charge < -0.3 is 24.9 Å². The van der Waals surface area contributed by atoms with Gasteiger partial charge in [-0.3, -0.25) is 9.59 Å². The van der Waals surface area contributed by atoms with Crippen LogP contribution in [0.1, 0.15) is 29.0 Å². The fourth-order valence-corrected chi connectivity index (χ4v) is 4.61. The van der Waals surface area contributed by atoms with Crippen LogP contribution in [-0.4, -0.2) is 35.2 Å². The number of phenols is 1. The summed E-state index contributed by atoms with van der Waals surface area (Å²) in [4.78, 5) is 32.7. The highest BCUT2D eigenvalue weighted by molar-refractivity contribution is 7.98. The van der Waals surface area contributed by atoms with Gasteiger partial charge in [0.1, 0.15) is 5.82 Å². The number of carbonyl (C=O) groups excluding carboxylic acids is 1. The van der Waals surface area contributed by atoms with Crippen LogP contribution >= 0.6 is 23.4 Å². The molecule has 166 valence electrons. The number of rotatable bonds is 6. The number of carbonyl (C=O) groups is 1. The first-order valence-electron chi connectivity index (χ1n) is 9.65. The standard InChI is InChI=1S/C22H20ClN3O5S/c1-30-15-7-12(8-16(31-2)19(15)28)14-9-17(27)24-20-18(14)21(29)26-22(25-20)32-10-11-4-3-5-13(23)6-11/h3-8,14,28H,9-10H2,1-2H3,(H2,24,25,26,27,29)/t14-/m0/s1. The van der Waals surface area contributed by atoms with E-state index in [0.29, 0.717) is 27.1 Å². The average molecular weight is 474 g/mol. The summed E-state index contributed by atoms with van der Waals surface area (Å²) in [5.74, 6) is 0.137. The van der Waals surface area contributed by atoms with Gasteiger partial charge >= 0.3 is 0 Å². The second-order valence-corrected chi connectivity index (χ2v) is 8.53. The lowest BCUT2D eigenvalue weighted by Gasteiger charge is -2.25. The van der Waals surface area contributed by atoms with E-state index in [4.69, 9.17) is 21.1 Å². The van der Waals surface area contributed by atoms with E-state index in [1.165, 1.54) is 26.0 Å². The summed E-state index contributed by atoms with van der Waals surface area (Å²) < 4.78 is 10.4. The van der Waals surface area contributed by atoms with E-state index in [1.54, 1.807) is 18.2 Å². The molecule has 3 N–H and O–H groups in total. The minimum absolute atomic E-state index is 0.0455. The van der Waals surface area contributed by atoms with Crippen molar-refractivity contribution in [1.29, 1.82) is 0 Å². The number of ether oxygens (including phenoxy) is 2. The van der Waals surface area contributed by atoms with Crippen LogP contribution in [-0.2, 0) is 10.5 Å². The molecule has 1 amide bonds. The fraction of sp³-hybridized carbons (Fsp3) is 0.227. The van der Waals surface area contributed by atoms with Crippen molar-refractivity contribution in [3.63, 3.8) is 0 Å². The van der Waals surface area contributed by atoms with Crippen molar-refractivity contribution in [3.05, 3.63) is 68.5 Å². The van der Waals surface area contributed by atoms with Crippen molar-refractivity contribution < 1.29 is 19.4 Å². The van der Waals surface area contributed by atoms with Crippen molar-refractivity contribution in [2.45, 2.75) is 23.2 Å². The molecule has 0 bridgehead atoms. The van der Waals surface area contributed by atoms with Crippen LogP contribution in [0.2, 0.25) is 5.02 Å². The predicted molar refractivity (Wildman–Crippen MR) is 122 cm³/mol. The summed E-state index contributed by atoms with van der Waals surface area (Å²) >= 11 is 7.36. The number of nitrogens with one attached hydrogen (secondary N) is 2. The number of hydrogen-bond acceptors (Lipinski definition) is 7. The number of thioether (sulfide) groups is 1. The molecule has 32 heavy (non-hydrogen) atoms. The van der Waals surface area contributed by atoms with Gasteiger partial charge in [-0.25, -0.2) is 4.98 Å². The third-order valence-electron chi connectivity index (χ3n) is 5.10. The van der Waals surface area contributed by atoms with E-state index in [1.807, 2.05) is 18.2 Å². The quantitative estimate of drug-likeness (QED) is 0.367. The highest BCUT2D eigenvalue weighted by Crippen LogP contribution is 2.43. The third kappa shape index (κ3) is 4.39. The predicted octanol–water partition coefficient (Wildman–Crippen LogP) is 3.91. The molecule has 2 aromatic carbocycles. The van der Waals surface area contributed by atoms with Crippen LogP contribution < -0.4 is 20.3 Å². The van der Waals surface area contributed by atoms with Crippen molar-refractivity contribution in [2.75, 3.05) is 19.5 Å². The van der Waals surface area contributed by atoms with Crippen molar-refractivity contribution in [2.24, 2.45) is 0 Å². The van der Waals surface area contributed by atoms with Gasteiger partial charge in [-0.05, 0) is 35.4 Å². The highest BCUT2D eigenvalue weighted by Gasteiger charge is 2.32. The third-order valence-corrected chi connectivity index (χ3v) is 6.28. The molecule has 10 heteroatoms. The normalized spacial score (nSPS) is 15.1. The van der Waals surface area contributed by atoms with Crippen molar-refractivity contribution >= 4 is 35.1 Å². The van der Waals surface area contributed by atoms with Gasteiger partial charge in [-0.15, -0.1) is 0 Å². The first-order valence-corrected chi connectivity index (χ1v) is 11.0. The lowest BCUT2D eigenvalue weighted by atomic mass is 9.86. The molecule has 0 unspecified atom stereocenters. The van der Waals surface area contributed by atoms with Crippen molar-refractivity contribution in [3.8, 4) is 17.2 Å². The Morgan fingerprint density at radius 2 is 1.91 bits per heavy atom. The Labute approximate surface area is 192 Å². The van der Waals surface area contributed by atoms with E-state index >= 15 is 0 Å². The number of halogens is 1. The lowest BCUT2D eigenvalue weighted by molar-refractivity contribution is -0.116. The van der Waals surface area contributed by atoms with Gasteiger partial charge in [0.25, 0.3) is 5.56 Å². The zero-order valence-corrected chi connectivity index (χ0v) is 18.8. The number of aromatic nitrogens is 2. The molecular formula is C22H20ClN3O5S. The largest absolute Gasteiger partial charge is 0.502 e. The average Bonchev–Trinajstić information content (AvgIpc) is 2.77. The van der Waals surface area contributed by atoms with Gasteiger partial charge in [-0.1, -0.05) is 35.5 Å². The maximum atomic E-state index is 13.0. The monoisotopic (exact) mass is 473 g/mol. The molecule has 0 saturated heterocycles. The van der Waals surface area contributed by atoms with E-state index in [-0.39, 0.29) is 41.0 Å². The summed E-state index contributed by atoms with van der Waals surface area (Å²) in [5.41, 5.74) is 1.57. The Morgan fingerprint density at radius 3 is 2.56 bits per heavy atom. The number of nitrogens with zero attached hydrogens (tertiary/aromatic N) is 1. The molecule has 1 aliphatic heterocycles. The van der Waals surface area contributed by atoms with Crippen LogP contribution in [0.5, 0.6) is 17.2 Å². The molecule has 0 aliphatic carbocycles. The maximum Gasteiger partial charge on any atom is 0.257 e. The number of anilines is 1. The molecule has 1 atom stereocenters. The number of methoxy groups -OCH3 is 2. The molecule has 0 radical (unpaired) electrons. The lowest BCUT2D eigenvalue weighted by Crippen LogP contribution is -2.31. The number of hydrogen-bond donors (Lipinski definition) is 3.